The van der Waals surface area contributed by atoms with Crippen molar-refractivity contribution in [2.24, 2.45) is 0 Å². The number of ether oxygens (including phenoxy) is 1. The van der Waals surface area contributed by atoms with Gasteiger partial charge in [-0.05, 0) is 42.8 Å². The number of nitrogens with zero attached hydrogens (tertiary/aromatic N) is 3. The minimum atomic E-state index is -2.88. The van der Waals surface area contributed by atoms with Crippen LogP contribution in [0.15, 0.2) is 28.7 Å². The Kier molecular flexibility index (Phi) is 6.02. The van der Waals surface area contributed by atoms with Crippen LogP contribution in [0.25, 0.3) is 11.0 Å². The maximum absolute atomic E-state index is 14.5. The van der Waals surface area contributed by atoms with Crippen molar-refractivity contribution < 1.29 is 17.9 Å². The van der Waals surface area contributed by atoms with E-state index in [1.165, 1.54) is 12.1 Å². The Morgan fingerprint density at radius 3 is 2.57 bits per heavy atom. The van der Waals surface area contributed by atoms with Crippen LogP contribution in [0.3, 0.4) is 0 Å². The number of benzene rings is 1. The molecule has 0 saturated carbocycles. The number of alkyl halides is 2. The highest BCUT2D eigenvalue weighted by molar-refractivity contribution is 9.10. The van der Waals surface area contributed by atoms with Crippen LogP contribution in [0, 0.1) is 12.7 Å². The minimum absolute atomic E-state index is 0.125. The van der Waals surface area contributed by atoms with E-state index >= 15 is 0 Å². The molecular weight excluding hydrogens is 437 g/mol. The van der Waals surface area contributed by atoms with E-state index in [9.17, 15) is 13.2 Å². The van der Waals surface area contributed by atoms with Crippen molar-refractivity contribution in [2.75, 3.05) is 11.9 Å². The first kappa shape index (κ1) is 20.3. The van der Waals surface area contributed by atoms with Crippen LogP contribution in [-0.2, 0) is 0 Å². The fourth-order valence-corrected chi connectivity index (χ4v) is 3.26. The van der Waals surface area contributed by atoms with Gasteiger partial charge < -0.3 is 10.1 Å². The number of nitrogens with one attached hydrogen (secondary N) is 1. The van der Waals surface area contributed by atoms with Crippen molar-refractivity contribution in [3.63, 3.8) is 0 Å². The van der Waals surface area contributed by atoms with Crippen molar-refractivity contribution >= 4 is 32.8 Å². The third-order valence-corrected chi connectivity index (χ3v) is 4.68. The average molecular weight is 455 g/mol. The fourth-order valence-electron chi connectivity index (χ4n) is 2.82. The second kappa shape index (κ2) is 8.30. The predicted molar refractivity (Wildman–Crippen MR) is 104 cm³/mol. The zero-order chi connectivity index (χ0) is 20.4. The molecule has 1 atom stereocenters. The normalized spacial score (nSPS) is 12.4. The molecule has 0 spiro atoms. The molecule has 5 nitrogen and oxygen atoms in total. The van der Waals surface area contributed by atoms with Crippen LogP contribution < -0.4 is 10.1 Å². The van der Waals surface area contributed by atoms with E-state index in [0.29, 0.717) is 39.6 Å². The molecule has 1 unspecified atom stereocenters. The van der Waals surface area contributed by atoms with Crippen molar-refractivity contribution in [3.8, 4) is 5.88 Å². The first-order valence-electron chi connectivity index (χ1n) is 8.62. The van der Waals surface area contributed by atoms with Gasteiger partial charge in [-0.15, -0.1) is 0 Å². The van der Waals surface area contributed by atoms with Gasteiger partial charge in [0.1, 0.15) is 17.5 Å². The lowest BCUT2D eigenvalue weighted by Crippen LogP contribution is -2.12. The van der Waals surface area contributed by atoms with E-state index in [1.54, 1.807) is 19.9 Å². The van der Waals surface area contributed by atoms with Crippen LogP contribution in [0.4, 0.5) is 19.0 Å². The van der Waals surface area contributed by atoms with Gasteiger partial charge in [0.15, 0.2) is 5.65 Å². The third-order valence-electron chi connectivity index (χ3n) is 4.11. The molecule has 0 aliphatic carbocycles. The van der Waals surface area contributed by atoms with Crippen LogP contribution in [0.5, 0.6) is 5.88 Å². The molecule has 0 saturated heterocycles. The average Bonchev–Trinajstić information content (AvgIpc) is 2.63. The largest absolute Gasteiger partial charge is 0.477 e. The second-order valence-corrected chi connectivity index (χ2v) is 6.97. The molecule has 1 aromatic carbocycles. The van der Waals surface area contributed by atoms with Crippen LogP contribution >= 0.6 is 15.9 Å². The van der Waals surface area contributed by atoms with Gasteiger partial charge >= 0.3 is 0 Å². The highest BCUT2D eigenvalue weighted by Crippen LogP contribution is 2.33. The standard InChI is InChI=1S/C19H18BrF3N4O/c1-4-28-19-14(20)8-13-17(25-10(3)26-18(13)27-19)24-9(2)11-6-5-7-12(15(11)21)16(22)23/h5-9,16H,4H2,1-3H3,(H,24,25,26,27). The van der Waals surface area contributed by atoms with Gasteiger partial charge in [0.05, 0.1) is 28.1 Å². The molecule has 3 rings (SSSR count). The summed E-state index contributed by atoms with van der Waals surface area (Å²) >= 11 is 3.41. The van der Waals surface area contributed by atoms with E-state index in [0.717, 1.165) is 6.07 Å². The topological polar surface area (TPSA) is 59.9 Å². The molecule has 0 aliphatic heterocycles. The highest BCUT2D eigenvalue weighted by atomic mass is 79.9. The van der Waals surface area contributed by atoms with E-state index in [2.05, 4.69) is 36.2 Å². The molecule has 0 fully saturated rings. The van der Waals surface area contributed by atoms with E-state index in [-0.39, 0.29) is 5.56 Å². The van der Waals surface area contributed by atoms with Gasteiger partial charge in [-0.3, -0.25) is 0 Å². The smallest absolute Gasteiger partial charge is 0.266 e. The Balaban J connectivity index is 2.02. The number of fused-ring (bicyclic) bond motifs is 1. The summed E-state index contributed by atoms with van der Waals surface area (Å²) in [6.07, 6.45) is -2.88. The molecule has 1 N–H and O–H groups in total. The number of anilines is 1. The Hall–Kier alpha value is -2.42. The van der Waals surface area contributed by atoms with Gasteiger partial charge in [-0.25, -0.2) is 23.1 Å². The van der Waals surface area contributed by atoms with E-state index < -0.39 is 23.8 Å². The monoisotopic (exact) mass is 454 g/mol. The SMILES string of the molecule is CCOc1nc2nc(C)nc(NC(C)c3cccc(C(F)F)c3F)c2cc1Br. The van der Waals surface area contributed by atoms with Crippen molar-refractivity contribution in [3.05, 3.63) is 51.5 Å². The number of hydrogen-bond donors (Lipinski definition) is 1. The Morgan fingerprint density at radius 2 is 1.89 bits per heavy atom. The van der Waals surface area contributed by atoms with E-state index in [4.69, 9.17) is 4.74 Å². The Labute approximate surface area is 168 Å². The van der Waals surface area contributed by atoms with Gasteiger partial charge in [0.2, 0.25) is 5.88 Å². The van der Waals surface area contributed by atoms with Crippen LogP contribution in [0.2, 0.25) is 0 Å². The molecule has 148 valence electrons. The Bertz CT molecular complexity index is 1020. The number of rotatable bonds is 6. The number of hydrogen-bond acceptors (Lipinski definition) is 5. The molecule has 2 aromatic heterocycles. The summed E-state index contributed by atoms with van der Waals surface area (Å²) in [7, 11) is 0. The third kappa shape index (κ3) is 4.04. The molecule has 2 heterocycles. The lowest BCUT2D eigenvalue weighted by molar-refractivity contribution is 0.146. The maximum Gasteiger partial charge on any atom is 0.266 e. The zero-order valence-corrected chi connectivity index (χ0v) is 17.0. The molecule has 28 heavy (non-hydrogen) atoms. The molecule has 3 aromatic rings. The van der Waals surface area contributed by atoms with Crippen molar-refractivity contribution in [1.29, 1.82) is 0 Å². The van der Waals surface area contributed by atoms with Crippen molar-refractivity contribution in [1.82, 2.24) is 15.0 Å². The number of pyridine rings is 1. The molecular formula is C19H18BrF3N4O. The summed E-state index contributed by atoms with van der Waals surface area (Å²) in [4.78, 5) is 13.1. The quantitative estimate of drug-likeness (QED) is 0.514. The maximum atomic E-state index is 14.5. The van der Waals surface area contributed by atoms with Gasteiger partial charge in [0, 0.05) is 5.56 Å². The molecule has 0 amide bonds. The zero-order valence-electron chi connectivity index (χ0n) is 15.4. The van der Waals surface area contributed by atoms with E-state index in [1.807, 2.05) is 6.92 Å². The molecule has 0 bridgehead atoms. The van der Waals surface area contributed by atoms with Crippen LogP contribution in [0.1, 0.15) is 43.3 Å². The number of aromatic nitrogens is 3. The summed E-state index contributed by atoms with van der Waals surface area (Å²) in [5, 5.41) is 3.69. The molecule has 9 heteroatoms. The summed E-state index contributed by atoms with van der Waals surface area (Å²) in [6.45, 7) is 5.68. The Morgan fingerprint density at radius 1 is 1.18 bits per heavy atom. The summed E-state index contributed by atoms with van der Waals surface area (Å²) in [5.41, 5.74) is -0.0866. The lowest BCUT2D eigenvalue weighted by Gasteiger charge is -2.18. The number of aryl methyl sites for hydroxylation is 1. The summed E-state index contributed by atoms with van der Waals surface area (Å²) in [5.74, 6) is 0.364. The summed E-state index contributed by atoms with van der Waals surface area (Å²) in [6, 6.07) is 5.11. The second-order valence-electron chi connectivity index (χ2n) is 6.12. The fraction of sp³-hybridized carbons (Fsp3) is 0.316. The van der Waals surface area contributed by atoms with Crippen molar-refractivity contribution in [2.45, 2.75) is 33.2 Å². The van der Waals surface area contributed by atoms with Gasteiger partial charge in [0.25, 0.3) is 6.43 Å². The minimum Gasteiger partial charge on any atom is -0.477 e. The van der Waals surface area contributed by atoms with Gasteiger partial charge in [-0.2, -0.15) is 4.98 Å². The first-order chi connectivity index (χ1) is 13.3. The first-order valence-corrected chi connectivity index (χ1v) is 9.41. The van der Waals surface area contributed by atoms with Gasteiger partial charge in [-0.1, -0.05) is 18.2 Å². The predicted octanol–water partition coefficient (Wildman–Crippen LogP) is 5.74. The van der Waals surface area contributed by atoms with Crippen LogP contribution in [-0.4, -0.2) is 21.6 Å². The summed E-state index contributed by atoms with van der Waals surface area (Å²) < 4.78 is 46.6. The lowest BCUT2D eigenvalue weighted by atomic mass is 10.0. The number of halogens is 4. The molecule has 0 aliphatic rings. The highest BCUT2D eigenvalue weighted by Gasteiger charge is 2.21. The molecule has 0 radical (unpaired) electrons.